The van der Waals surface area contributed by atoms with Gasteiger partial charge in [-0.15, -0.1) is 0 Å². The molecule has 0 saturated carbocycles. The molecule has 3 aromatic rings. The standard InChI is InChI=1S/C26H28N2O6/c1-31-17-8-9-20(32-2)19(16-17)23-22-24(29)18-6-3-4-7-21(18)34-25(22)26(30)28(23)11-5-10-27-12-14-33-15-13-27/h3-4,6-9,16,23H,5,10-15H2,1-2H3. The number of hydrogen-bond acceptors (Lipinski definition) is 7. The van der Waals surface area contributed by atoms with Gasteiger partial charge in [0.25, 0.3) is 5.91 Å². The van der Waals surface area contributed by atoms with E-state index in [1.165, 1.54) is 0 Å². The van der Waals surface area contributed by atoms with Crippen LogP contribution in [0.2, 0.25) is 0 Å². The van der Waals surface area contributed by atoms with E-state index >= 15 is 0 Å². The number of ether oxygens (including phenoxy) is 3. The molecule has 0 bridgehead atoms. The molecule has 1 unspecified atom stereocenters. The van der Waals surface area contributed by atoms with Crippen LogP contribution in [0.15, 0.2) is 51.7 Å². The van der Waals surface area contributed by atoms with Crippen LogP contribution in [0.3, 0.4) is 0 Å². The molecule has 2 aliphatic heterocycles. The van der Waals surface area contributed by atoms with Crippen LogP contribution in [-0.4, -0.2) is 69.3 Å². The normalized spacial score (nSPS) is 18.4. The number of methoxy groups -OCH3 is 2. The van der Waals surface area contributed by atoms with Gasteiger partial charge in [-0.2, -0.15) is 0 Å². The molecule has 2 aliphatic rings. The Hall–Kier alpha value is -3.36. The Morgan fingerprint density at radius 3 is 2.56 bits per heavy atom. The number of morpholine rings is 1. The predicted molar refractivity (Wildman–Crippen MR) is 127 cm³/mol. The van der Waals surface area contributed by atoms with Crippen LogP contribution in [0, 0.1) is 0 Å². The lowest BCUT2D eigenvalue weighted by Crippen LogP contribution is -2.39. The third-order valence-electron chi connectivity index (χ3n) is 6.58. The van der Waals surface area contributed by atoms with Gasteiger partial charge in [0.2, 0.25) is 5.76 Å². The van der Waals surface area contributed by atoms with Gasteiger partial charge in [0.15, 0.2) is 5.43 Å². The van der Waals surface area contributed by atoms with Gasteiger partial charge < -0.3 is 23.5 Å². The Kier molecular flexibility index (Phi) is 6.26. The number of carbonyl (C=O) groups excluding carboxylic acids is 1. The molecule has 8 nitrogen and oxygen atoms in total. The van der Waals surface area contributed by atoms with Crippen LogP contribution in [0.5, 0.6) is 11.5 Å². The third-order valence-corrected chi connectivity index (χ3v) is 6.58. The average Bonchev–Trinajstić information content (AvgIpc) is 3.16. The largest absolute Gasteiger partial charge is 0.497 e. The van der Waals surface area contributed by atoms with Gasteiger partial charge in [-0.05, 0) is 36.8 Å². The minimum atomic E-state index is -0.627. The van der Waals surface area contributed by atoms with E-state index in [2.05, 4.69) is 4.90 Å². The van der Waals surface area contributed by atoms with Crippen molar-refractivity contribution in [2.75, 3.05) is 53.6 Å². The first-order chi connectivity index (χ1) is 16.6. The fourth-order valence-electron chi connectivity index (χ4n) is 4.86. The summed E-state index contributed by atoms with van der Waals surface area (Å²) >= 11 is 0. The van der Waals surface area contributed by atoms with Crippen LogP contribution in [0.4, 0.5) is 0 Å². The molecule has 0 N–H and O–H groups in total. The van der Waals surface area contributed by atoms with Gasteiger partial charge in [0.1, 0.15) is 17.1 Å². The number of carbonyl (C=O) groups is 1. The number of hydrogen-bond donors (Lipinski definition) is 0. The molecule has 1 amide bonds. The SMILES string of the molecule is COc1ccc(OC)c(C2c3c(oc4ccccc4c3=O)C(=O)N2CCCN2CCOCC2)c1. The molecule has 1 fully saturated rings. The van der Waals surface area contributed by atoms with Crippen molar-refractivity contribution in [3.8, 4) is 11.5 Å². The number of para-hydroxylation sites is 1. The molecule has 1 aromatic heterocycles. The summed E-state index contributed by atoms with van der Waals surface area (Å²) < 4.78 is 22.5. The molecular weight excluding hydrogens is 436 g/mol. The zero-order valence-corrected chi connectivity index (χ0v) is 19.4. The van der Waals surface area contributed by atoms with E-state index in [1.807, 2.05) is 6.07 Å². The summed E-state index contributed by atoms with van der Waals surface area (Å²) in [6.45, 7) is 4.53. The van der Waals surface area contributed by atoms with E-state index in [9.17, 15) is 9.59 Å². The highest BCUT2D eigenvalue weighted by atomic mass is 16.5. The first-order valence-electron chi connectivity index (χ1n) is 11.5. The summed E-state index contributed by atoms with van der Waals surface area (Å²) in [5, 5.41) is 0.455. The van der Waals surface area contributed by atoms with Crippen molar-refractivity contribution in [3.63, 3.8) is 0 Å². The first kappa shape index (κ1) is 22.4. The molecule has 8 heteroatoms. The van der Waals surface area contributed by atoms with Crippen molar-refractivity contribution in [1.29, 1.82) is 0 Å². The van der Waals surface area contributed by atoms with Crippen molar-refractivity contribution < 1.29 is 23.4 Å². The molecular formula is C26H28N2O6. The third kappa shape index (κ3) is 3.93. The van der Waals surface area contributed by atoms with E-state index in [4.69, 9.17) is 18.6 Å². The van der Waals surface area contributed by atoms with Crippen LogP contribution in [-0.2, 0) is 4.74 Å². The smallest absolute Gasteiger partial charge is 0.290 e. The minimum absolute atomic E-state index is 0.102. The van der Waals surface area contributed by atoms with Gasteiger partial charge in [-0.3, -0.25) is 14.5 Å². The second kappa shape index (κ2) is 9.48. The number of amides is 1. The van der Waals surface area contributed by atoms with Crippen molar-refractivity contribution in [2.45, 2.75) is 12.5 Å². The van der Waals surface area contributed by atoms with Crippen LogP contribution in [0.1, 0.15) is 34.1 Å². The van der Waals surface area contributed by atoms with Gasteiger partial charge in [-0.25, -0.2) is 0 Å². The average molecular weight is 465 g/mol. The number of benzene rings is 2. The number of rotatable bonds is 7. The van der Waals surface area contributed by atoms with Crippen molar-refractivity contribution in [2.24, 2.45) is 0 Å². The summed E-state index contributed by atoms with van der Waals surface area (Å²) in [5.74, 6) is 1.02. The zero-order chi connectivity index (χ0) is 23.7. The number of nitrogens with zero attached hydrogens (tertiary/aromatic N) is 2. The monoisotopic (exact) mass is 464 g/mol. The lowest BCUT2D eigenvalue weighted by molar-refractivity contribution is 0.0353. The van der Waals surface area contributed by atoms with Gasteiger partial charge in [-0.1, -0.05) is 12.1 Å². The summed E-state index contributed by atoms with van der Waals surface area (Å²) in [4.78, 5) is 31.3. The van der Waals surface area contributed by atoms with Crippen LogP contribution < -0.4 is 14.9 Å². The zero-order valence-electron chi connectivity index (χ0n) is 19.4. The first-order valence-corrected chi connectivity index (χ1v) is 11.5. The van der Waals surface area contributed by atoms with Crippen molar-refractivity contribution >= 4 is 16.9 Å². The molecule has 0 radical (unpaired) electrons. The molecule has 2 aromatic carbocycles. The Morgan fingerprint density at radius 1 is 1.00 bits per heavy atom. The highest BCUT2D eigenvalue weighted by Gasteiger charge is 2.43. The van der Waals surface area contributed by atoms with Gasteiger partial charge in [0.05, 0.1) is 44.4 Å². The molecule has 1 saturated heterocycles. The van der Waals surface area contributed by atoms with Crippen molar-refractivity contribution in [1.82, 2.24) is 9.80 Å². The van der Waals surface area contributed by atoms with Gasteiger partial charge in [0, 0.05) is 31.7 Å². The predicted octanol–water partition coefficient (Wildman–Crippen LogP) is 3.08. The molecule has 0 spiro atoms. The summed E-state index contributed by atoms with van der Waals surface area (Å²) in [5.41, 5.74) is 1.26. The summed E-state index contributed by atoms with van der Waals surface area (Å²) in [6.07, 6.45) is 0.760. The Morgan fingerprint density at radius 2 is 1.79 bits per heavy atom. The topological polar surface area (TPSA) is 81.5 Å². The molecule has 178 valence electrons. The Bertz CT molecular complexity index is 1260. The Balaban J connectivity index is 1.58. The molecule has 5 rings (SSSR count). The van der Waals surface area contributed by atoms with E-state index in [1.54, 1.807) is 55.5 Å². The minimum Gasteiger partial charge on any atom is -0.497 e. The lowest BCUT2D eigenvalue weighted by Gasteiger charge is -2.29. The van der Waals surface area contributed by atoms with Gasteiger partial charge >= 0.3 is 0 Å². The highest BCUT2D eigenvalue weighted by Crippen LogP contribution is 2.42. The maximum Gasteiger partial charge on any atom is 0.290 e. The number of fused-ring (bicyclic) bond motifs is 2. The molecule has 1 atom stereocenters. The maximum atomic E-state index is 13.6. The molecule has 34 heavy (non-hydrogen) atoms. The van der Waals surface area contributed by atoms with E-state index in [-0.39, 0.29) is 17.1 Å². The maximum absolute atomic E-state index is 13.6. The van der Waals surface area contributed by atoms with Crippen LogP contribution in [0.25, 0.3) is 11.0 Å². The second-order valence-electron chi connectivity index (χ2n) is 8.49. The fraction of sp³-hybridized carbons (Fsp3) is 0.385. The summed E-state index contributed by atoms with van der Waals surface area (Å²) in [7, 11) is 3.16. The van der Waals surface area contributed by atoms with E-state index in [0.29, 0.717) is 40.1 Å². The van der Waals surface area contributed by atoms with E-state index in [0.717, 1.165) is 39.3 Å². The van der Waals surface area contributed by atoms with Crippen LogP contribution >= 0.6 is 0 Å². The summed E-state index contributed by atoms with van der Waals surface area (Å²) in [6, 6.07) is 11.8. The Labute approximate surface area is 197 Å². The fourth-order valence-corrected chi connectivity index (χ4v) is 4.86. The van der Waals surface area contributed by atoms with Crippen molar-refractivity contribution in [3.05, 3.63) is 69.6 Å². The van der Waals surface area contributed by atoms with E-state index < -0.39 is 6.04 Å². The highest BCUT2D eigenvalue weighted by molar-refractivity contribution is 5.99. The quantitative estimate of drug-likeness (QED) is 0.532. The second-order valence-corrected chi connectivity index (χ2v) is 8.49. The lowest BCUT2D eigenvalue weighted by atomic mass is 9.97. The molecule has 3 heterocycles. The molecule has 0 aliphatic carbocycles.